The molecule has 0 radical (unpaired) electrons. The molecule has 0 aliphatic carbocycles. The fourth-order valence-corrected chi connectivity index (χ4v) is 4.95. The Balaban J connectivity index is 1.62. The van der Waals surface area contributed by atoms with E-state index in [9.17, 15) is 0 Å². The van der Waals surface area contributed by atoms with Crippen LogP contribution in [0.3, 0.4) is 0 Å². The van der Waals surface area contributed by atoms with Crippen molar-refractivity contribution in [1.29, 1.82) is 0 Å². The average Bonchev–Trinajstić information content (AvgIpc) is 2.86. The molecule has 0 saturated carbocycles. The van der Waals surface area contributed by atoms with Crippen LogP contribution in [0.15, 0.2) is 78.9 Å². The van der Waals surface area contributed by atoms with E-state index in [4.69, 9.17) is 27.9 Å². The highest BCUT2D eigenvalue weighted by atomic mass is 35.5. The summed E-state index contributed by atoms with van der Waals surface area (Å²) in [5, 5.41) is 0.740. The average molecular weight is 480 g/mol. The monoisotopic (exact) mass is 479 g/mol. The van der Waals surface area contributed by atoms with E-state index in [1.807, 2.05) is 24.3 Å². The van der Waals surface area contributed by atoms with Crippen molar-refractivity contribution in [3.63, 3.8) is 0 Å². The predicted molar refractivity (Wildman–Crippen MR) is 141 cm³/mol. The van der Waals surface area contributed by atoms with Crippen LogP contribution >= 0.6 is 23.2 Å². The minimum absolute atomic E-state index is 0.522. The minimum Gasteiger partial charge on any atom is -0.492 e. The molecule has 172 valence electrons. The lowest BCUT2D eigenvalue weighted by molar-refractivity contribution is 0.183. The molecule has 0 unspecified atom stereocenters. The maximum Gasteiger partial charge on any atom is 0.119 e. The largest absolute Gasteiger partial charge is 0.492 e. The summed E-state index contributed by atoms with van der Waals surface area (Å²) in [5.41, 5.74) is 5.62. The fraction of sp³-hybridized carbons (Fsp3) is 0.310. The van der Waals surface area contributed by atoms with Gasteiger partial charge in [0.25, 0.3) is 0 Å². The van der Waals surface area contributed by atoms with Crippen LogP contribution in [0.1, 0.15) is 42.4 Å². The van der Waals surface area contributed by atoms with Gasteiger partial charge in [-0.15, -0.1) is 11.6 Å². The molecular formula is C29H31Cl2NO. The van der Waals surface area contributed by atoms with E-state index in [1.165, 1.54) is 32.4 Å². The Hall–Kier alpha value is -2.26. The normalized spacial score (nSPS) is 15.2. The van der Waals surface area contributed by atoms with Crippen molar-refractivity contribution in [2.24, 2.45) is 0 Å². The Morgan fingerprint density at radius 2 is 1.45 bits per heavy atom. The Kier molecular flexibility index (Phi) is 8.88. The van der Waals surface area contributed by atoms with Gasteiger partial charge in [0, 0.05) is 17.4 Å². The van der Waals surface area contributed by atoms with Gasteiger partial charge in [0.1, 0.15) is 12.4 Å². The molecule has 1 aliphatic rings. The molecule has 0 bridgehead atoms. The van der Waals surface area contributed by atoms with Gasteiger partial charge in [0.05, 0.1) is 0 Å². The van der Waals surface area contributed by atoms with Crippen molar-refractivity contribution in [2.75, 3.05) is 32.1 Å². The summed E-state index contributed by atoms with van der Waals surface area (Å²) in [6, 6.07) is 26.9. The summed E-state index contributed by atoms with van der Waals surface area (Å²) < 4.78 is 6.06. The second kappa shape index (κ2) is 12.3. The molecule has 33 heavy (non-hydrogen) atoms. The first-order chi connectivity index (χ1) is 16.3. The highest BCUT2D eigenvalue weighted by Crippen LogP contribution is 2.37. The van der Waals surface area contributed by atoms with Crippen LogP contribution in [0, 0.1) is 0 Å². The highest BCUT2D eigenvalue weighted by molar-refractivity contribution is 6.32. The zero-order valence-electron chi connectivity index (χ0n) is 19.0. The molecular weight excluding hydrogens is 449 g/mol. The number of hydrogen-bond donors (Lipinski definition) is 0. The van der Waals surface area contributed by atoms with Crippen LogP contribution < -0.4 is 4.74 Å². The van der Waals surface area contributed by atoms with Crippen LogP contribution in [0.2, 0.25) is 5.02 Å². The third-order valence-electron chi connectivity index (χ3n) is 6.18. The SMILES string of the molecule is ClCC/C(=C(\c1ccccc1)c1ccc(OCCN2CCCCC2)cc1)c1ccccc1Cl. The zero-order valence-corrected chi connectivity index (χ0v) is 20.5. The first kappa shape index (κ1) is 23.9. The number of benzene rings is 3. The van der Waals surface area contributed by atoms with E-state index < -0.39 is 0 Å². The standard InChI is InChI=1S/C29H31Cl2NO/c30-18-17-27(26-11-5-6-12-28(26)31)29(23-9-3-1-4-10-23)24-13-15-25(16-14-24)33-22-21-32-19-7-2-8-20-32/h1,3-6,9-16H,2,7-8,17-22H2/b29-27-. The summed E-state index contributed by atoms with van der Waals surface area (Å²) in [5.74, 6) is 1.43. The summed E-state index contributed by atoms with van der Waals surface area (Å²) in [7, 11) is 0. The zero-order chi connectivity index (χ0) is 22.9. The lowest BCUT2D eigenvalue weighted by Crippen LogP contribution is -2.33. The molecule has 0 aromatic heterocycles. The second-order valence-electron chi connectivity index (χ2n) is 8.41. The number of nitrogens with zero attached hydrogens (tertiary/aromatic N) is 1. The molecule has 0 N–H and O–H groups in total. The van der Waals surface area contributed by atoms with E-state index in [0.29, 0.717) is 5.88 Å². The maximum atomic E-state index is 6.62. The molecule has 0 atom stereocenters. The molecule has 1 saturated heterocycles. The molecule has 1 heterocycles. The van der Waals surface area contributed by atoms with Crippen molar-refractivity contribution in [3.05, 3.63) is 101 Å². The molecule has 4 heteroatoms. The number of piperidine rings is 1. The maximum absolute atomic E-state index is 6.62. The van der Waals surface area contributed by atoms with E-state index in [0.717, 1.165) is 58.2 Å². The molecule has 1 aliphatic heterocycles. The minimum atomic E-state index is 0.522. The fourth-order valence-electron chi connectivity index (χ4n) is 4.51. The van der Waals surface area contributed by atoms with Gasteiger partial charge in [-0.05, 0) is 78.4 Å². The first-order valence-corrected chi connectivity index (χ1v) is 12.7. The smallest absolute Gasteiger partial charge is 0.119 e. The molecule has 3 aromatic rings. The Labute approximate surface area is 207 Å². The van der Waals surface area contributed by atoms with Crippen LogP contribution in [-0.4, -0.2) is 37.0 Å². The highest BCUT2D eigenvalue weighted by Gasteiger charge is 2.16. The summed E-state index contributed by atoms with van der Waals surface area (Å²) in [6.07, 6.45) is 4.69. The predicted octanol–water partition coefficient (Wildman–Crippen LogP) is 7.79. The topological polar surface area (TPSA) is 12.5 Å². The number of rotatable bonds is 9. The third-order valence-corrected chi connectivity index (χ3v) is 6.69. The molecule has 2 nitrogen and oxygen atoms in total. The number of ether oxygens (including phenoxy) is 1. The lowest BCUT2D eigenvalue weighted by Gasteiger charge is -2.26. The number of hydrogen-bond acceptors (Lipinski definition) is 2. The molecule has 1 fully saturated rings. The van der Waals surface area contributed by atoms with Crippen molar-refractivity contribution in [3.8, 4) is 5.75 Å². The number of alkyl halides is 1. The Bertz CT molecular complexity index is 1040. The van der Waals surface area contributed by atoms with Gasteiger partial charge in [-0.2, -0.15) is 0 Å². The molecule has 0 spiro atoms. The van der Waals surface area contributed by atoms with Gasteiger partial charge >= 0.3 is 0 Å². The van der Waals surface area contributed by atoms with Crippen LogP contribution in [0.25, 0.3) is 11.1 Å². The molecule has 3 aromatic carbocycles. The van der Waals surface area contributed by atoms with Crippen molar-refractivity contribution >= 4 is 34.3 Å². The Morgan fingerprint density at radius 3 is 2.15 bits per heavy atom. The van der Waals surface area contributed by atoms with Crippen molar-refractivity contribution in [2.45, 2.75) is 25.7 Å². The molecule has 4 rings (SSSR count). The van der Waals surface area contributed by atoms with E-state index in [1.54, 1.807) is 0 Å². The van der Waals surface area contributed by atoms with Gasteiger partial charge in [-0.3, -0.25) is 4.90 Å². The molecule has 0 amide bonds. The van der Waals surface area contributed by atoms with Gasteiger partial charge in [-0.1, -0.05) is 78.7 Å². The quantitative estimate of drug-likeness (QED) is 0.229. The summed E-state index contributed by atoms with van der Waals surface area (Å²) >= 11 is 12.9. The van der Waals surface area contributed by atoms with E-state index >= 15 is 0 Å². The van der Waals surface area contributed by atoms with Gasteiger partial charge in [0.2, 0.25) is 0 Å². The van der Waals surface area contributed by atoms with Crippen LogP contribution in [0.5, 0.6) is 5.75 Å². The summed E-state index contributed by atoms with van der Waals surface area (Å²) in [4.78, 5) is 2.50. The van der Waals surface area contributed by atoms with E-state index in [2.05, 4.69) is 59.5 Å². The van der Waals surface area contributed by atoms with Gasteiger partial charge < -0.3 is 4.74 Å². The van der Waals surface area contributed by atoms with Gasteiger partial charge in [-0.25, -0.2) is 0 Å². The van der Waals surface area contributed by atoms with Gasteiger partial charge in [0.15, 0.2) is 0 Å². The second-order valence-corrected chi connectivity index (χ2v) is 9.20. The number of likely N-dealkylation sites (tertiary alicyclic amines) is 1. The first-order valence-electron chi connectivity index (χ1n) is 11.8. The lowest BCUT2D eigenvalue weighted by atomic mass is 9.88. The third kappa shape index (κ3) is 6.41. The van der Waals surface area contributed by atoms with Crippen LogP contribution in [0.4, 0.5) is 0 Å². The van der Waals surface area contributed by atoms with E-state index in [-0.39, 0.29) is 0 Å². The van der Waals surface area contributed by atoms with Crippen molar-refractivity contribution < 1.29 is 4.74 Å². The van der Waals surface area contributed by atoms with Crippen LogP contribution in [-0.2, 0) is 0 Å². The van der Waals surface area contributed by atoms with Crippen molar-refractivity contribution in [1.82, 2.24) is 4.90 Å². The summed E-state index contributed by atoms with van der Waals surface area (Å²) in [6.45, 7) is 4.10. The number of halogens is 2. The Morgan fingerprint density at radius 1 is 0.788 bits per heavy atom. The number of allylic oxidation sites excluding steroid dienone is 1.